The number of benzene rings is 3. The van der Waals surface area contributed by atoms with Gasteiger partial charge in [-0.1, -0.05) is 91.0 Å². The van der Waals surface area contributed by atoms with E-state index in [1.54, 1.807) is 96.3 Å². The van der Waals surface area contributed by atoms with Gasteiger partial charge in [0.1, 0.15) is 0 Å². The zero-order valence-corrected chi connectivity index (χ0v) is 20.3. The van der Waals surface area contributed by atoms with Crippen molar-refractivity contribution in [2.24, 2.45) is 0 Å². The molecule has 0 heterocycles. The van der Waals surface area contributed by atoms with E-state index < -0.39 is 36.9 Å². The molecule has 0 spiro atoms. The van der Waals surface area contributed by atoms with Gasteiger partial charge in [-0.15, -0.1) is 0 Å². The smallest absolute Gasteiger partial charge is 0.467 e. The maximum atomic E-state index is 13.5. The summed E-state index contributed by atoms with van der Waals surface area (Å²) in [6.45, 7) is -3.41. The Bertz CT molecular complexity index is 1180. The quantitative estimate of drug-likeness (QED) is 0.385. The number of nitrogens with one attached hydrogen (secondary N) is 1. The molecule has 1 amide bonds. The van der Waals surface area contributed by atoms with Crippen molar-refractivity contribution in [2.45, 2.75) is 12.2 Å². The Morgan fingerprint density at radius 1 is 0.722 bits per heavy atom. The van der Waals surface area contributed by atoms with Crippen LogP contribution in [0.4, 0.5) is 13.2 Å². The first kappa shape index (κ1) is 26.8. The number of ether oxygens (including phenoxy) is 2. The molecule has 188 valence electrons. The molecule has 36 heavy (non-hydrogen) atoms. The van der Waals surface area contributed by atoms with Crippen LogP contribution >= 0.6 is 6.89 Å². The van der Waals surface area contributed by atoms with Crippen molar-refractivity contribution in [3.63, 3.8) is 0 Å². The first-order valence-corrected chi connectivity index (χ1v) is 12.4. The van der Waals surface area contributed by atoms with Gasteiger partial charge >= 0.3 is 24.0 Å². The zero-order valence-electron chi connectivity index (χ0n) is 19.4. The van der Waals surface area contributed by atoms with Gasteiger partial charge in [0.15, 0.2) is 6.04 Å². The fraction of sp³-hybridized carbons (Fsp3) is 0.154. The largest absolute Gasteiger partial charge is 0.471 e. The van der Waals surface area contributed by atoms with Crippen LogP contribution in [-0.4, -0.2) is 49.6 Å². The van der Waals surface area contributed by atoms with Crippen LogP contribution in [0.2, 0.25) is 0 Å². The summed E-state index contributed by atoms with van der Waals surface area (Å²) in [6, 6.07) is 23.7. The van der Waals surface area contributed by atoms with Crippen molar-refractivity contribution in [1.82, 2.24) is 5.32 Å². The summed E-state index contributed by atoms with van der Waals surface area (Å²) in [6.07, 6.45) is -5.32. The number of halogens is 3. The molecule has 0 saturated carbocycles. The fourth-order valence-corrected chi connectivity index (χ4v) is 8.45. The van der Waals surface area contributed by atoms with Crippen molar-refractivity contribution in [3.05, 3.63) is 91.0 Å². The lowest BCUT2D eigenvalue weighted by atomic mass is 10.2. The van der Waals surface area contributed by atoms with Gasteiger partial charge in [0, 0.05) is 0 Å². The van der Waals surface area contributed by atoms with E-state index in [9.17, 15) is 27.6 Å². The molecule has 0 aliphatic carbocycles. The topological polar surface area (TPSA) is 81.7 Å². The van der Waals surface area contributed by atoms with E-state index >= 15 is 0 Å². The highest BCUT2D eigenvalue weighted by Gasteiger charge is 2.46. The van der Waals surface area contributed by atoms with Crippen molar-refractivity contribution in [2.75, 3.05) is 14.2 Å². The molecular formula is C26H23F3NO5P. The normalized spacial score (nSPS) is 12.2. The van der Waals surface area contributed by atoms with E-state index in [0.29, 0.717) is 15.9 Å². The minimum atomic E-state index is -5.32. The maximum Gasteiger partial charge on any atom is 0.471 e. The van der Waals surface area contributed by atoms with Gasteiger partial charge in [-0.3, -0.25) is 4.79 Å². The molecule has 1 unspecified atom stereocenters. The van der Waals surface area contributed by atoms with Crippen LogP contribution in [0.5, 0.6) is 0 Å². The van der Waals surface area contributed by atoms with Gasteiger partial charge in [0.25, 0.3) is 0 Å². The van der Waals surface area contributed by atoms with Crippen molar-refractivity contribution in [1.29, 1.82) is 0 Å². The predicted molar refractivity (Wildman–Crippen MR) is 132 cm³/mol. The van der Waals surface area contributed by atoms with Gasteiger partial charge in [-0.2, -0.15) is 13.2 Å². The SMILES string of the molecule is COC(=O)C(C(NC(=O)C(F)(F)F)C(=O)OC)=P(c1ccccc1)(c1ccccc1)c1ccccc1. The monoisotopic (exact) mass is 517 g/mol. The number of amides is 1. The highest BCUT2D eigenvalue weighted by atomic mass is 31.2. The average molecular weight is 517 g/mol. The third-order valence-corrected chi connectivity index (χ3v) is 9.81. The molecule has 0 bridgehead atoms. The number of carbonyl (C=O) groups is 3. The number of hydrogen-bond acceptors (Lipinski definition) is 5. The van der Waals surface area contributed by atoms with Crippen LogP contribution < -0.4 is 21.2 Å². The molecule has 6 nitrogen and oxygen atoms in total. The first-order valence-electron chi connectivity index (χ1n) is 10.6. The van der Waals surface area contributed by atoms with Crippen LogP contribution in [0.15, 0.2) is 91.0 Å². The summed E-state index contributed by atoms with van der Waals surface area (Å²) in [4.78, 5) is 38.5. The Morgan fingerprint density at radius 3 is 1.42 bits per heavy atom. The minimum Gasteiger partial charge on any atom is -0.467 e. The number of esters is 2. The summed E-state index contributed by atoms with van der Waals surface area (Å²) in [5, 5.41) is 2.99. The summed E-state index contributed by atoms with van der Waals surface area (Å²) in [5.41, 5.74) is 0. The number of methoxy groups -OCH3 is 2. The maximum absolute atomic E-state index is 13.5. The van der Waals surface area contributed by atoms with Gasteiger partial charge < -0.3 is 14.8 Å². The summed E-state index contributed by atoms with van der Waals surface area (Å²) >= 11 is 0. The summed E-state index contributed by atoms with van der Waals surface area (Å²) in [5.74, 6) is -4.70. The molecule has 0 aliphatic heterocycles. The molecule has 1 N–H and O–H groups in total. The van der Waals surface area contributed by atoms with E-state index in [1.807, 2.05) is 0 Å². The van der Waals surface area contributed by atoms with Crippen molar-refractivity contribution >= 4 is 45.9 Å². The summed E-state index contributed by atoms with van der Waals surface area (Å²) < 4.78 is 49.7. The second-order valence-corrected chi connectivity index (χ2v) is 10.9. The number of hydrogen-bond donors (Lipinski definition) is 1. The third kappa shape index (κ3) is 5.21. The lowest BCUT2D eigenvalue weighted by Gasteiger charge is -2.34. The molecule has 10 heteroatoms. The number of carbonyl (C=O) groups excluding carboxylic acids is 3. The van der Waals surface area contributed by atoms with E-state index in [-0.39, 0.29) is 5.29 Å². The van der Waals surface area contributed by atoms with Gasteiger partial charge in [-0.25, -0.2) is 9.59 Å². The second-order valence-electron chi connectivity index (χ2n) is 7.48. The molecule has 0 radical (unpaired) electrons. The molecule has 3 aromatic carbocycles. The van der Waals surface area contributed by atoms with Crippen LogP contribution in [0.3, 0.4) is 0 Å². The predicted octanol–water partition coefficient (Wildman–Crippen LogP) is 2.55. The molecule has 0 aromatic heterocycles. The number of alkyl halides is 3. The van der Waals surface area contributed by atoms with Crippen LogP contribution in [-0.2, 0) is 23.9 Å². The van der Waals surface area contributed by atoms with Crippen LogP contribution in [0.25, 0.3) is 0 Å². The molecule has 1 atom stereocenters. The molecule has 3 aromatic rings. The highest BCUT2D eigenvalue weighted by molar-refractivity contribution is 7.96. The average Bonchev–Trinajstić information content (AvgIpc) is 2.90. The number of rotatable bonds is 7. The molecular weight excluding hydrogens is 494 g/mol. The molecule has 0 fully saturated rings. The van der Waals surface area contributed by atoms with Crippen LogP contribution in [0.1, 0.15) is 0 Å². The van der Waals surface area contributed by atoms with Gasteiger partial charge in [0.05, 0.1) is 19.5 Å². The minimum absolute atomic E-state index is 0.363. The third-order valence-electron chi connectivity index (χ3n) is 5.43. The highest BCUT2D eigenvalue weighted by Crippen LogP contribution is 2.47. The Kier molecular flexibility index (Phi) is 8.37. The lowest BCUT2D eigenvalue weighted by molar-refractivity contribution is -0.175. The standard InChI is InChI=1S/C26H23F3NO5P/c1-34-23(31)21(30-25(33)26(27,28)29)22(24(32)35-2)36(18-12-6-3-7-13-18,19-14-8-4-9-15-19)20-16-10-5-11-17-20/h3-17,21H,1-2H3,(H,30,33). The Labute approximate surface area is 206 Å². The zero-order chi connectivity index (χ0) is 26.3. The molecule has 0 aliphatic rings. The van der Waals surface area contributed by atoms with E-state index in [2.05, 4.69) is 0 Å². The van der Waals surface area contributed by atoms with Gasteiger partial charge in [-0.05, 0) is 22.8 Å². The molecule has 0 saturated heterocycles. The van der Waals surface area contributed by atoms with Crippen molar-refractivity contribution < 1.29 is 37.0 Å². The summed E-state index contributed by atoms with van der Waals surface area (Å²) in [7, 11) is 2.01. The van der Waals surface area contributed by atoms with Crippen LogP contribution in [0, 0.1) is 0 Å². The van der Waals surface area contributed by atoms with Crippen molar-refractivity contribution in [3.8, 4) is 0 Å². The Morgan fingerprint density at radius 2 is 1.11 bits per heavy atom. The van der Waals surface area contributed by atoms with E-state index in [0.717, 1.165) is 14.2 Å². The van der Waals surface area contributed by atoms with E-state index in [1.165, 1.54) is 0 Å². The first-order chi connectivity index (χ1) is 17.2. The fourth-order valence-electron chi connectivity index (χ4n) is 3.94. The second kappa shape index (κ2) is 11.3. The van der Waals surface area contributed by atoms with Gasteiger partial charge in [0.2, 0.25) is 0 Å². The Balaban J connectivity index is 2.63. The van der Waals surface area contributed by atoms with E-state index in [4.69, 9.17) is 9.47 Å². The lowest BCUT2D eigenvalue weighted by Crippen LogP contribution is -2.55. The Hall–Kier alpha value is -3.84. The molecule has 3 rings (SSSR count).